The standard InChI is InChI=1S/C18H30N2/c1-15-8-12-18(13-9-15)20(2)14-17(19)11-10-16-6-4-3-5-7-16/h3-7,15,17-18H,8-14,19H2,1-2H3. The van der Waals surface area contributed by atoms with E-state index in [4.69, 9.17) is 5.73 Å². The number of benzene rings is 1. The molecular weight excluding hydrogens is 244 g/mol. The van der Waals surface area contributed by atoms with Crippen molar-refractivity contribution in [1.82, 2.24) is 4.90 Å². The molecule has 0 aliphatic heterocycles. The van der Waals surface area contributed by atoms with Crippen molar-refractivity contribution < 1.29 is 0 Å². The molecule has 2 nitrogen and oxygen atoms in total. The van der Waals surface area contributed by atoms with Crippen LogP contribution < -0.4 is 5.73 Å². The lowest BCUT2D eigenvalue weighted by Crippen LogP contribution is -2.42. The van der Waals surface area contributed by atoms with Crippen molar-refractivity contribution in [3.8, 4) is 0 Å². The Hall–Kier alpha value is -0.860. The van der Waals surface area contributed by atoms with Gasteiger partial charge in [0.1, 0.15) is 0 Å². The van der Waals surface area contributed by atoms with Gasteiger partial charge in [0.05, 0.1) is 0 Å². The smallest absolute Gasteiger partial charge is 0.0170 e. The van der Waals surface area contributed by atoms with E-state index in [0.29, 0.717) is 6.04 Å². The normalized spacial score (nSPS) is 24.8. The summed E-state index contributed by atoms with van der Waals surface area (Å²) in [6, 6.07) is 11.7. The van der Waals surface area contributed by atoms with Crippen LogP contribution in [0, 0.1) is 5.92 Å². The second-order valence-electron chi connectivity index (χ2n) is 6.64. The zero-order valence-electron chi connectivity index (χ0n) is 13.1. The summed E-state index contributed by atoms with van der Waals surface area (Å²) in [5, 5.41) is 0. The minimum absolute atomic E-state index is 0.291. The van der Waals surface area contributed by atoms with E-state index >= 15 is 0 Å². The molecule has 2 N–H and O–H groups in total. The van der Waals surface area contributed by atoms with Gasteiger partial charge in [-0.3, -0.25) is 0 Å². The van der Waals surface area contributed by atoms with Gasteiger partial charge in [-0.2, -0.15) is 0 Å². The average molecular weight is 274 g/mol. The molecule has 2 heteroatoms. The topological polar surface area (TPSA) is 29.3 Å². The SMILES string of the molecule is CC1CCC(N(C)CC(N)CCc2ccccc2)CC1. The molecule has 1 atom stereocenters. The molecule has 112 valence electrons. The van der Waals surface area contributed by atoms with Gasteiger partial charge in [-0.1, -0.05) is 37.3 Å². The molecule has 0 saturated heterocycles. The lowest BCUT2D eigenvalue weighted by molar-refractivity contribution is 0.161. The first-order valence-corrected chi connectivity index (χ1v) is 8.15. The fourth-order valence-electron chi connectivity index (χ4n) is 3.29. The predicted molar refractivity (Wildman–Crippen MR) is 86.8 cm³/mol. The average Bonchev–Trinajstić information content (AvgIpc) is 2.47. The van der Waals surface area contributed by atoms with Crippen LogP contribution in [0.1, 0.15) is 44.6 Å². The van der Waals surface area contributed by atoms with Crippen LogP contribution in [0.3, 0.4) is 0 Å². The molecule has 1 aromatic carbocycles. The van der Waals surface area contributed by atoms with Crippen molar-refractivity contribution in [2.75, 3.05) is 13.6 Å². The molecule has 1 saturated carbocycles. The molecule has 1 unspecified atom stereocenters. The van der Waals surface area contributed by atoms with Crippen LogP contribution >= 0.6 is 0 Å². The number of aryl methyl sites for hydroxylation is 1. The zero-order valence-corrected chi connectivity index (χ0v) is 13.1. The number of likely N-dealkylation sites (N-methyl/N-ethyl adjacent to an activating group) is 1. The van der Waals surface area contributed by atoms with Crippen molar-refractivity contribution in [2.45, 2.75) is 57.5 Å². The summed E-state index contributed by atoms with van der Waals surface area (Å²) in [5.41, 5.74) is 7.71. The Kier molecular flexibility index (Phi) is 6.06. The van der Waals surface area contributed by atoms with Crippen molar-refractivity contribution in [3.05, 3.63) is 35.9 Å². The molecule has 0 bridgehead atoms. The van der Waals surface area contributed by atoms with Gasteiger partial charge in [-0.15, -0.1) is 0 Å². The van der Waals surface area contributed by atoms with Gasteiger partial charge in [0.15, 0.2) is 0 Å². The largest absolute Gasteiger partial charge is 0.327 e. The molecule has 0 heterocycles. The molecule has 2 rings (SSSR count). The minimum atomic E-state index is 0.291. The fraction of sp³-hybridized carbons (Fsp3) is 0.667. The van der Waals surface area contributed by atoms with E-state index in [9.17, 15) is 0 Å². The summed E-state index contributed by atoms with van der Waals surface area (Å²) in [6.45, 7) is 3.41. The van der Waals surface area contributed by atoms with Crippen LogP contribution in [0.2, 0.25) is 0 Å². The Labute approximate surface area is 124 Å². The third-order valence-electron chi connectivity index (χ3n) is 4.78. The Morgan fingerprint density at radius 1 is 1.15 bits per heavy atom. The third kappa shape index (κ3) is 4.92. The fourth-order valence-corrected chi connectivity index (χ4v) is 3.29. The molecule has 1 aromatic rings. The minimum Gasteiger partial charge on any atom is -0.327 e. The Bertz CT molecular complexity index is 368. The molecule has 20 heavy (non-hydrogen) atoms. The molecule has 0 amide bonds. The van der Waals surface area contributed by atoms with E-state index in [0.717, 1.165) is 31.3 Å². The molecule has 1 aliphatic carbocycles. The van der Waals surface area contributed by atoms with Gasteiger partial charge in [-0.05, 0) is 57.1 Å². The van der Waals surface area contributed by atoms with Crippen LogP contribution in [-0.2, 0) is 6.42 Å². The summed E-state index contributed by atoms with van der Waals surface area (Å²) in [7, 11) is 2.25. The number of hydrogen-bond donors (Lipinski definition) is 1. The highest BCUT2D eigenvalue weighted by molar-refractivity contribution is 5.14. The maximum absolute atomic E-state index is 6.31. The first-order chi connectivity index (χ1) is 9.65. The van der Waals surface area contributed by atoms with E-state index in [-0.39, 0.29) is 0 Å². The molecule has 1 aliphatic rings. The molecule has 0 radical (unpaired) electrons. The van der Waals surface area contributed by atoms with E-state index in [1.165, 1.54) is 31.2 Å². The molecule has 1 fully saturated rings. The van der Waals surface area contributed by atoms with Crippen LogP contribution in [0.4, 0.5) is 0 Å². The monoisotopic (exact) mass is 274 g/mol. The van der Waals surface area contributed by atoms with E-state index in [2.05, 4.69) is 49.2 Å². The van der Waals surface area contributed by atoms with Crippen molar-refractivity contribution in [1.29, 1.82) is 0 Å². The van der Waals surface area contributed by atoms with Crippen molar-refractivity contribution in [2.24, 2.45) is 11.7 Å². The van der Waals surface area contributed by atoms with Crippen molar-refractivity contribution >= 4 is 0 Å². The van der Waals surface area contributed by atoms with Gasteiger partial charge in [0.2, 0.25) is 0 Å². The zero-order chi connectivity index (χ0) is 14.4. The Morgan fingerprint density at radius 3 is 2.45 bits per heavy atom. The lowest BCUT2D eigenvalue weighted by atomic mass is 9.86. The van der Waals surface area contributed by atoms with Gasteiger partial charge in [-0.25, -0.2) is 0 Å². The lowest BCUT2D eigenvalue weighted by Gasteiger charge is -2.35. The van der Waals surface area contributed by atoms with E-state index in [1.54, 1.807) is 0 Å². The van der Waals surface area contributed by atoms with Crippen LogP contribution in [0.15, 0.2) is 30.3 Å². The van der Waals surface area contributed by atoms with Crippen LogP contribution in [0.25, 0.3) is 0 Å². The number of rotatable bonds is 6. The number of nitrogens with zero attached hydrogens (tertiary/aromatic N) is 1. The predicted octanol–water partition coefficient (Wildman–Crippen LogP) is 3.46. The first kappa shape index (κ1) is 15.5. The van der Waals surface area contributed by atoms with Crippen molar-refractivity contribution in [3.63, 3.8) is 0 Å². The van der Waals surface area contributed by atoms with E-state index in [1.807, 2.05) is 0 Å². The number of nitrogens with two attached hydrogens (primary N) is 1. The van der Waals surface area contributed by atoms with Gasteiger partial charge in [0.25, 0.3) is 0 Å². The molecular formula is C18H30N2. The van der Waals surface area contributed by atoms with E-state index < -0.39 is 0 Å². The highest BCUT2D eigenvalue weighted by atomic mass is 15.1. The highest BCUT2D eigenvalue weighted by Crippen LogP contribution is 2.26. The second-order valence-corrected chi connectivity index (χ2v) is 6.64. The van der Waals surface area contributed by atoms with Crippen LogP contribution in [-0.4, -0.2) is 30.6 Å². The quantitative estimate of drug-likeness (QED) is 0.861. The summed E-state index contributed by atoms with van der Waals surface area (Å²) < 4.78 is 0. The molecule has 0 spiro atoms. The highest BCUT2D eigenvalue weighted by Gasteiger charge is 2.22. The number of hydrogen-bond acceptors (Lipinski definition) is 2. The van der Waals surface area contributed by atoms with Gasteiger partial charge in [0, 0.05) is 18.6 Å². The summed E-state index contributed by atoms with van der Waals surface area (Å²) >= 11 is 0. The molecule has 0 aromatic heterocycles. The summed E-state index contributed by atoms with van der Waals surface area (Å²) in [6.07, 6.45) is 7.64. The Morgan fingerprint density at radius 2 is 1.80 bits per heavy atom. The van der Waals surface area contributed by atoms with Gasteiger partial charge < -0.3 is 10.6 Å². The van der Waals surface area contributed by atoms with Crippen LogP contribution in [0.5, 0.6) is 0 Å². The first-order valence-electron chi connectivity index (χ1n) is 8.15. The summed E-state index contributed by atoms with van der Waals surface area (Å²) in [4.78, 5) is 2.50. The maximum atomic E-state index is 6.31. The Balaban J connectivity index is 1.69. The summed E-state index contributed by atoms with van der Waals surface area (Å²) in [5.74, 6) is 0.923. The second kappa shape index (κ2) is 7.80. The maximum Gasteiger partial charge on any atom is 0.0170 e. The third-order valence-corrected chi connectivity index (χ3v) is 4.78. The van der Waals surface area contributed by atoms with Gasteiger partial charge >= 0.3 is 0 Å².